The molecule has 1 heterocycles. The molecule has 0 fully saturated rings. The van der Waals surface area contributed by atoms with Crippen molar-refractivity contribution in [2.45, 2.75) is 13.0 Å². The first kappa shape index (κ1) is 15.6. The summed E-state index contributed by atoms with van der Waals surface area (Å²) < 4.78 is 6.55. The summed E-state index contributed by atoms with van der Waals surface area (Å²) in [6.07, 6.45) is 0.102. The second-order valence-electron chi connectivity index (χ2n) is 4.56. The van der Waals surface area contributed by atoms with Gasteiger partial charge in [-0.05, 0) is 12.1 Å². The molecule has 22 heavy (non-hydrogen) atoms. The van der Waals surface area contributed by atoms with Crippen LogP contribution in [0, 0.1) is 0 Å². The molecule has 0 unspecified atom stereocenters. The lowest BCUT2D eigenvalue weighted by Crippen LogP contribution is -2.32. The van der Waals surface area contributed by atoms with Gasteiger partial charge in [0.25, 0.3) is 11.1 Å². The van der Waals surface area contributed by atoms with Crippen molar-refractivity contribution in [1.82, 2.24) is 15.1 Å². The first-order valence-corrected chi connectivity index (χ1v) is 6.90. The fourth-order valence-electron chi connectivity index (χ4n) is 1.81. The van der Waals surface area contributed by atoms with Gasteiger partial charge in [0.1, 0.15) is 12.4 Å². The van der Waals surface area contributed by atoms with E-state index in [4.69, 9.17) is 4.74 Å². The van der Waals surface area contributed by atoms with Gasteiger partial charge in [0, 0.05) is 18.6 Å². The van der Waals surface area contributed by atoms with Crippen LogP contribution >= 0.6 is 0 Å². The van der Waals surface area contributed by atoms with Gasteiger partial charge < -0.3 is 10.1 Å². The maximum atomic E-state index is 11.6. The Kier molecular flexibility index (Phi) is 5.53. The van der Waals surface area contributed by atoms with Crippen molar-refractivity contribution >= 4 is 5.91 Å². The van der Waals surface area contributed by atoms with Gasteiger partial charge in [-0.15, -0.1) is 0 Å². The zero-order chi connectivity index (χ0) is 15.8. The zero-order valence-electron chi connectivity index (χ0n) is 12.0. The van der Waals surface area contributed by atoms with Gasteiger partial charge in [0.2, 0.25) is 5.91 Å². The minimum atomic E-state index is -0.378. The van der Waals surface area contributed by atoms with Crippen molar-refractivity contribution in [3.8, 4) is 5.75 Å². The van der Waals surface area contributed by atoms with Crippen LogP contribution in [0.3, 0.4) is 0 Å². The smallest absolute Gasteiger partial charge is 0.265 e. The molecule has 0 bridgehead atoms. The minimum Gasteiger partial charge on any atom is -0.492 e. The Balaban J connectivity index is 1.69. The molecular weight excluding hydrogens is 286 g/mol. The Morgan fingerprint density at radius 1 is 1.14 bits per heavy atom. The third-order valence-electron chi connectivity index (χ3n) is 2.89. The van der Waals surface area contributed by atoms with Crippen molar-refractivity contribution in [3.05, 3.63) is 63.2 Å². The summed E-state index contributed by atoms with van der Waals surface area (Å²) >= 11 is 0. The van der Waals surface area contributed by atoms with Crippen molar-refractivity contribution in [2.75, 3.05) is 13.2 Å². The van der Waals surface area contributed by atoms with E-state index >= 15 is 0 Å². The van der Waals surface area contributed by atoms with E-state index in [0.717, 1.165) is 16.5 Å². The highest BCUT2D eigenvalue weighted by atomic mass is 16.5. The number of carbonyl (C=O) groups excluding carboxylic acids is 1. The van der Waals surface area contributed by atoms with Gasteiger partial charge >= 0.3 is 0 Å². The van der Waals surface area contributed by atoms with Gasteiger partial charge in [0.15, 0.2) is 0 Å². The molecule has 2 N–H and O–H groups in total. The second kappa shape index (κ2) is 7.82. The number of hydrogen-bond donors (Lipinski definition) is 2. The van der Waals surface area contributed by atoms with E-state index in [-0.39, 0.29) is 30.0 Å². The Morgan fingerprint density at radius 3 is 2.68 bits per heavy atom. The highest BCUT2D eigenvalue weighted by Gasteiger charge is 2.03. The van der Waals surface area contributed by atoms with Crippen LogP contribution in [-0.4, -0.2) is 28.8 Å². The van der Waals surface area contributed by atoms with Crippen LogP contribution in [-0.2, 0) is 11.3 Å². The third kappa shape index (κ3) is 4.93. The average Bonchev–Trinajstić information content (AvgIpc) is 2.53. The van der Waals surface area contributed by atoms with Crippen LogP contribution < -0.4 is 21.2 Å². The molecule has 0 saturated carbocycles. The Hall–Kier alpha value is -2.83. The van der Waals surface area contributed by atoms with Crippen molar-refractivity contribution in [2.24, 2.45) is 0 Å². The van der Waals surface area contributed by atoms with Crippen LogP contribution in [0.1, 0.15) is 6.42 Å². The van der Waals surface area contributed by atoms with Crippen LogP contribution in [0.15, 0.2) is 52.1 Å². The molecule has 0 atom stereocenters. The number of aryl methyl sites for hydroxylation is 1. The number of carbonyl (C=O) groups is 1. The molecule has 1 amide bonds. The predicted molar refractivity (Wildman–Crippen MR) is 80.9 cm³/mol. The summed E-state index contributed by atoms with van der Waals surface area (Å²) in [6.45, 7) is 0.853. The van der Waals surface area contributed by atoms with Gasteiger partial charge in [-0.2, -0.15) is 0 Å². The summed E-state index contributed by atoms with van der Waals surface area (Å²) in [4.78, 5) is 34.2. The second-order valence-corrected chi connectivity index (χ2v) is 4.56. The summed E-state index contributed by atoms with van der Waals surface area (Å²) in [7, 11) is 0. The maximum Gasteiger partial charge on any atom is 0.265 e. The van der Waals surface area contributed by atoms with E-state index in [1.54, 1.807) is 0 Å². The number of aromatic nitrogens is 2. The highest BCUT2D eigenvalue weighted by Crippen LogP contribution is 2.07. The van der Waals surface area contributed by atoms with Gasteiger partial charge in [-0.3, -0.25) is 19.5 Å². The van der Waals surface area contributed by atoms with E-state index in [1.807, 2.05) is 30.3 Å². The number of para-hydroxylation sites is 1. The van der Waals surface area contributed by atoms with Crippen molar-refractivity contribution < 1.29 is 9.53 Å². The summed E-state index contributed by atoms with van der Waals surface area (Å²) in [5, 5.41) is 5.05. The number of hydrogen-bond acceptors (Lipinski definition) is 4. The molecule has 0 aliphatic rings. The molecule has 7 heteroatoms. The van der Waals surface area contributed by atoms with Gasteiger partial charge in [-0.1, -0.05) is 18.2 Å². The molecule has 1 aromatic carbocycles. The molecular formula is C15H17N3O4. The number of nitrogens with zero attached hydrogens (tertiary/aromatic N) is 1. The van der Waals surface area contributed by atoms with Crippen LogP contribution in [0.25, 0.3) is 0 Å². The number of rotatable bonds is 7. The topological polar surface area (TPSA) is 93.2 Å². The molecule has 0 aliphatic heterocycles. The van der Waals surface area contributed by atoms with E-state index in [9.17, 15) is 14.4 Å². The van der Waals surface area contributed by atoms with Gasteiger partial charge in [0.05, 0.1) is 13.1 Å². The first-order valence-electron chi connectivity index (χ1n) is 6.90. The molecule has 0 saturated heterocycles. The Morgan fingerprint density at radius 2 is 1.91 bits per heavy atom. The minimum absolute atomic E-state index is 0.102. The predicted octanol–water partition coefficient (Wildman–Crippen LogP) is 0.122. The molecule has 1 aromatic heterocycles. The lowest BCUT2D eigenvalue weighted by atomic mass is 10.3. The van der Waals surface area contributed by atoms with Gasteiger partial charge in [-0.25, -0.2) is 4.68 Å². The maximum absolute atomic E-state index is 11.6. The van der Waals surface area contributed by atoms with E-state index < -0.39 is 0 Å². The van der Waals surface area contributed by atoms with E-state index in [0.29, 0.717) is 13.2 Å². The quantitative estimate of drug-likeness (QED) is 0.711. The summed E-state index contributed by atoms with van der Waals surface area (Å²) in [6, 6.07) is 11.6. The standard InChI is InChI=1S/C15H17N3O4/c19-13(8-10-18-15(21)7-6-14(20)17-18)16-9-11-22-12-4-2-1-3-5-12/h1-7H,8-11H2,(H,16,19)(H,17,20). The number of aromatic amines is 1. The van der Waals surface area contributed by atoms with Crippen molar-refractivity contribution in [1.29, 1.82) is 0 Å². The first-order chi connectivity index (χ1) is 10.6. The van der Waals surface area contributed by atoms with Crippen LogP contribution in [0.2, 0.25) is 0 Å². The molecule has 2 rings (SSSR count). The molecule has 0 radical (unpaired) electrons. The molecule has 2 aromatic rings. The SMILES string of the molecule is O=C(CCn1[nH]c(=O)ccc1=O)NCCOc1ccccc1. The number of nitrogens with one attached hydrogen (secondary N) is 2. The normalized spacial score (nSPS) is 10.2. The summed E-state index contributed by atoms with van der Waals surface area (Å²) in [5.74, 6) is 0.526. The highest BCUT2D eigenvalue weighted by molar-refractivity contribution is 5.75. The lowest BCUT2D eigenvalue weighted by molar-refractivity contribution is -0.121. The largest absolute Gasteiger partial charge is 0.492 e. The fraction of sp³-hybridized carbons (Fsp3) is 0.267. The van der Waals surface area contributed by atoms with Crippen LogP contribution in [0.5, 0.6) is 5.75 Å². The Bertz CT molecular complexity index is 721. The molecule has 0 spiro atoms. The average molecular weight is 303 g/mol. The third-order valence-corrected chi connectivity index (χ3v) is 2.89. The number of benzene rings is 1. The van der Waals surface area contributed by atoms with E-state index in [1.165, 1.54) is 6.07 Å². The molecule has 7 nitrogen and oxygen atoms in total. The number of ether oxygens (including phenoxy) is 1. The number of amides is 1. The van der Waals surface area contributed by atoms with Crippen molar-refractivity contribution in [3.63, 3.8) is 0 Å². The van der Waals surface area contributed by atoms with E-state index in [2.05, 4.69) is 10.4 Å². The monoisotopic (exact) mass is 303 g/mol. The number of H-pyrrole nitrogens is 1. The summed E-state index contributed by atoms with van der Waals surface area (Å²) in [5.41, 5.74) is -0.726. The lowest BCUT2D eigenvalue weighted by Gasteiger charge is -2.08. The zero-order valence-corrected chi connectivity index (χ0v) is 12.0. The fourth-order valence-corrected chi connectivity index (χ4v) is 1.81. The molecule has 116 valence electrons. The van der Waals surface area contributed by atoms with Crippen LogP contribution in [0.4, 0.5) is 0 Å². The Labute approximate surface area is 126 Å². The molecule has 0 aliphatic carbocycles.